The number of esters is 1. The molecule has 1 rings (SSSR count). The molecule has 1 N–H and O–H groups in total. The van der Waals surface area contributed by atoms with Crippen LogP contribution in [0.5, 0.6) is 0 Å². The van der Waals surface area contributed by atoms with Crippen LogP contribution < -0.4 is 5.32 Å². The van der Waals surface area contributed by atoms with E-state index in [-0.39, 0.29) is 30.8 Å². The van der Waals surface area contributed by atoms with Gasteiger partial charge in [-0.25, -0.2) is 0 Å². The molecule has 0 fully saturated rings. The third-order valence-electron chi connectivity index (χ3n) is 2.61. The Kier molecular flexibility index (Phi) is 6.20. The predicted molar refractivity (Wildman–Crippen MR) is 80.6 cm³/mol. The molecule has 1 aromatic rings. The van der Waals surface area contributed by atoms with Crippen LogP contribution in [-0.2, 0) is 14.3 Å². The van der Waals surface area contributed by atoms with Crippen LogP contribution in [0.2, 0.25) is 0 Å². The number of carbonyl (C=O) groups excluding carboxylic acids is 2. The number of hydrogen-bond donors (Lipinski definition) is 1. The Morgan fingerprint density at radius 1 is 1.35 bits per heavy atom. The maximum atomic E-state index is 11.9. The standard InChI is InChI=1S/C15H23NO3S/c1-5-11(12-7-6-10-20-12)16-13(17)8-9-14(18)19-15(2,3)4/h6-7,10-11H,5,8-9H2,1-4H3,(H,16,17). The van der Waals surface area contributed by atoms with E-state index >= 15 is 0 Å². The van der Waals surface area contributed by atoms with E-state index in [9.17, 15) is 9.59 Å². The first kappa shape index (κ1) is 16.7. The number of carbonyl (C=O) groups is 2. The summed E-state index contributed by atoms with van der Waals surface area (Å²) in [5.74, 6) is -0.451. The van der Waals surface area contributed by atoms with Gasteiger partial charge < -0.3 is 10.1 Å². The molecule has 0 saturated heterocycles. The van der Waals surface area contributed by atoms with Crippen LogP contribution in [0.1, 0.15) is 57.9 Å². The quantitative estimate of drug-likeness (QED) is 0.818. The monoisotopic (exact) mass is 297 g/mol. The molecular formula is C15H23NO3S. The largest absolute Gasteiger partial charge is 0.460 e. The zero-order chi connectivity index (χ0) is 15.2. The Balaban J connectivity index is 2.38. The fraction of sp³-hybridized carbons (Fsp3) is 0.600. The molecule has 0 aliphatic heterocycles. The summed E-state index contributed by atoms with van der Waals surface area (Å²) in [7, 11) is 0. The molecule has 0 spiro atoms. The molecule has 112 valence electrons. The fourth-order valence-corrected chi connectivity index (χ4v) is 2.60. The van der Waals surface area contributed by atoms with Crippen LogP contribution in [0.15, 0.2) is 17.5 Å². The van der Waals surface area contributed by atoms with E-state index < -0.39 is 5.60 Å². The van der Waals surface area contributed by atoms with E-state index in [2.05, 4.69) is 5.32 Å². The van der Waals surface area contributed by atoms with Gasteiger partial charge in [0.1, 0.15) is 5.60 Å². The van der Waals surface area contributed by atoms with E-state index in [1.54, 1.807) is 11.3 Å². The molecule has 1 unspecified atom stereocenters. The summed E-state index contributed by atoms with van der Waals surface area (Å²) in [6.07, 6.45) is 1.11. The average Bonchev–Trinajstić information content (AvgIpc) is 2.85. The second-order valence-corrected chi connectivity index (χ2v) is 6.61. The lowest BCUT2D eigenvalue weighted by atomic mass is 10.1. The Hall–Kier alpha value is -1.36. The van der Waals surface area contributed by atoms with Gasteiger partial charge in [-0.1, -0.05) is 13.0 Å². The van der Waals surface area contributed by atoms with Gasteiger partial charge in [0.15, 0.2) is 0 Å². The molecule has 1 atom stereocenters. The molecule has 5 heteroatoms. The molecule has 1 heterocycles. The van der Waals surface area contributed by atoms with Gasteiger partial charge in [-0.3, -0.25) is 9.59 Å². The number of rotatable bonds is 6. The number of thiophene rings is 1. The number of hydrogen-bond acceptors (Lipinski definition) is 4. The lowest BCUT2D eigenvalue weighted by molar-refractivity contribution is -0.155. The summed E-state index contributed by atoms with van der Waals surface area (Å²) < 4.78 is 5.17. The minimum atomic E-state index is -0.503. The van der Waals surface area contributed by atoms with Crippen molar-refractivity contribution in [2.24, 2.45) is 0 Å². The molecule has 4 nitrogen and oxygen atoms in total. The van der Waals surface area contributed by atoms with Crippen LogP contribution in [0, 0.1) is 0 Å². The maximum absolute atomic E-state index is 11.9. The van der Waals surface area contributed by atoms with Crippen molar-refractivity contribution < 1.29 is 14.3 Å². The van der Waals surface area contributed by atoms with Gasteiger partial charge in [0, 0.05) is 11.3 Å². The van der Waals surface area contributed by atoms with Gasteiger partial charge >= 0.3 is 5.97 Å². The fourth-order valence-electron chi connectivity index (χ4n) is 1.74. The maximum Gasteiger partial charge on any atom is 0.306 e. The number of ether oxygens (including phenoxy) is 1. The highest BCUT2D eigenvalue weighted by atomic mass is 32.1. The lowest BCUT2D eigenvalue weighted by Crippen LogP contribution is -2.29. The van der Waals surface area contributed by atoms with Crippen LogP contribution in [0.3, 0.4) is 0 Å². The zero-order valence-electron chi connectivity index (χ0n) is 12.6. The van der Waals surface area contributed by atoms with E-state index in [1.165, 1.54) is 0 Å². The molecule has 0 saturated carbocycles. The summed E-state index contributed by atoms with van der Waals surface area (Å²) in [5.41, 5.74) is -0.503. The van der Waals surface area contributed by atoms with Gasteiger partial charge in [-0.15, -0.1) is 11.3 Å². The SMILES string of the molecule is CCC(NC(=O)CCC(=O)OC(C)(C)C)c1cccs1. The first-order valence-corrected chi connectivity index (χ1v) is 7.74. The summed E-state index contributed by atoms with van der Waals surface area (Å²) >= 11 is 1.62. The second kappa shape index (κ2) is 7.43. The van der Waals surface area contributed by atoms with Crippen LogP contribution in [0.25, 0.3) is 0 Å². The molecule has 0 aliphatic rings. The van der Waals surface area contributed by atoms with Crippen molar-refractivity contribution in [3.8, 4) is 0 Å². The Labute approximate surface area is 124 Å². The lowest BCUT2D eigenvalue weighted by Gasteiger charge is -2.19. The van der Waals surface area contributed by atoms with Crippen molar-refractivity contribution in [2.75, 3.05) is 0 Å². The second-order valence-electron chi connectivity index (χ2n) is 5.63. The third-order valence-corrected chi connectivity index (χ3v) is 3.59. The number of amides is 1. The highest BCUT2D eigenvalue weighted by Gasteiger charge is 2.18. The zero-order valence-corrected chi connectivity index (χ0v) is 13.4. The molecule has 0 bridgehead atoms. The first-order chi connectivity index (χ1) is 9.31. The summed E-state index contributed by atoms with van der Waals surface area (Å²) in [5, 5.41) is 4.94. The van der Waals surface area contributed by atoms with E-state index in [0.29, 0.717) is 0 Å². The topological polar surface area (TPSA) is 55.4 Å². The normalized spacial score (nSPS) is 12.8. The van der Waals surface area contributed by atoms with Gasteiger partial charge in [0.05, 0.1) is 12.5 Å². The van der Waals surface area contributed by atoms with Gasteiger partial charge in [0.2, 0.25) is 5.91 Å². The van der Waals surface area contributed by atoms with Gasteiger partial charge in [0.25, 0.3) is 0 Å². The van der Waals surface area contributed by atoms with Crippen LogP contribution >= 0.6 is 11.3 Å². The Bertz CT molecular complexity index is 434. The molecule has 0 aromatic carbocycles. The van der Waals surface area contributed by atoms with Crippen molar-refractivity contribution in [2.45, 2.75) is 58.6 Å². The molecule has 1 aromatic heterocycles. The Morgan fingerprint density at radius 2 is 2.05 bits per heavy atom. The van der Waals surface area contributed by atoms with Crippen LogP contribution in [0.4, 0.5) is 0 Å². The van der Waals surface area contributed by atoms with Crippen LogP contribution in [-0.4, -0.2) is 17.5 Å². The first-order valence-electron chi connectivity index (χ1n) is 6.86. The molecule has 0 radical (unpaired) electrons. The summed E-state index contributed by atoms with van der Waals surface area (Å²) in [6.45, 7) is 7.47. The third kappa shape index (κ3) is 6.19. The summed E-state index contributed by atoms with van der Waals surface area (Å²) in [6, 6.07) is 4.00. The Morgan fingerprint density at radius 3 is 2.55 bits per heavy atom. The van der Waals surface area contributed by atoms with Crippen molar-refractivity contribution >= 4 is 23.2 Å². The predicted octanol–water partition coefficient (Wildman–Crippen LogP) is 3.44. The highest BCUT2D eigenvalue weighted by Crippen LogP contribution is 2.21. The van der Waals surface area contributed by atoms with E-state index in [0.717, 1.165) is 11.3 Å². The van der Waals surface area contributed by atoms with Crippen molar-refractivity contribution in [3.05, 3.63) is 22.4 Å². The van der Waals surface area contributed by atoms with Crippen molar-refractivity contribution in [1.29, 1.82) is 0 Å². The van der Waals surface area contributed by atoms with Crippen molar-refractivity contribution in [1.82, 2.24) is 5.32 Å². The number of nitrogens with one attached hydrogen (secondary N) is 1. The van der Waals surface area contributed by atoms with E-state index in [4.69, 9.17) is 4.74 Å². The summed E-state index contributed by atoms with van der Waals surface area (Å²) in [4.78, 5) is 24.5. The molecule has 1 amide bonds. The minimum absolute atomic E-state index is 0.0288. The minimum Gasteiger partial charge on any atom is -0.460 e. The smallest absolute Gasteiger partial charge is 0.306 e. The molecule has 20 heavy (non-hydrogen) atoms. The highest BCUT2D eigenvalue weighted by molar-refractivity contribution is 7.10. The average molecular weight is 297 g/mol. The van der Waals surface area contributed by atoms with Gasteiger partial charge in [-0.05, 0) is 38.6 Å². The molecule has 0 aliphatic carbocycles. The van der Waals surface area contributed by atoms with Gasteiger partial charge in [-0.2, -0.15) is 0 Å². The van der Waals surface area contributed by atoms with E-state index in [1.807, 2.05) is 45.2 Å². The molecular weight excluding hydrogens is 274 g/mol. The van der Waals surface area contributed by atoms with Crippen molar-refractivity contribution in [3.63, 3.8) is 0 Å².